The lowest BCUT2D eigenvalue weighted by atomic mass is 9.75. The number of hydrogen-bond donors (Lipinski definition) is 2. The molecule has 14 heavy (non-hydrogen) atoms. The van der Waals surface area contributed by atoms with Crippen LogP contribution >= 0.6 is 0 Å². The van der Waals surface area contributed by atoms with Gasteiger partial charge in [-0.15, -0.1) is 0 Å². The van der Waals surface area contributed by atoms with E-state index in [0.29, 0.717) is 0 Å². The summed E-state index contributed by atoms with van der Waals surface area (Å²) in [5, 5.41) is 6.71. The molecular weight excluding hydrogens is 176 g/mol. The smallest absolute Gasteiger partial charge is 0.151 e. The molecule has 0 saturated heterocycles. The molecule has 1 aliphatic carbocycles. The molecule has 0 fully saturated rings. The maximum atomic E-state index is 6.07. The minimum Gasteiger partial charge on any atom is -0.324 e. The number of H-pyrrole nitrogens is 1. The lowest BCUT2D eigenvalue weighted by molar-refractivity contribution is 0.292. The molecule has 2 rings (SSSR count). The van der Waals surface area contributed by atoms with Gasteiger partial charge in [0.15, 0.2) is 5.82 Å². The van der Waals surface area contributed by atoms with Crippen LogP contribution in [0, 0.1) is 5.41 Å². The van der Waals surface area contributed by atoms with Gasteiger partial charge in [-0.3, -0.25) is 5.10 Å². The molecule has 1 atom stereocenters. The number of aromatic amines is 1. The highest BCUT2D eigenvalue weighted by Gasteiger charge is 2.29. The van der Waals surface area contributed by atoms with Crippen molar-refractivity contribution in [3.63, 3.8) is 0 Å². The Morgan fingerprint density at radius 1 is 1.57 bits per heavy atom. The second kappa shape index (κ2) is 3.20. The maximum Gasteiger partial charge on any atom is 0.151 e. The van der Waals surface area contributed by atoms with Crippen LogP contribution < -0.4 is 5.73 Å². The van der Waals surface area contributed by atoms with Crippen LogP contribution in [0.4, 0.5) is 0 Å². The van der Waals surface area contributed by atoms with Gasteiger partial charge in [0.1, 0.15) is 6.33 Å². The molecule has 76 valence electrons. The number of nitrogens with one attached hydrogen (secondary N) is 1. The average molecular weight is 192 g/mol. The predicted octanol–water partition coefficient (Wildman–Crippen LogP) is 1.34. The zero-order valence-electron chi connectivity index (χ0n) is 8.62. The third kappa shape index (κ3) is 1.57. The SMILES string of the molecule is CC1(C)CCC(c2ncn[nH]2)=CC1N. The molecule has 0 aliphatic heterocycles. The van der Waals surface area contributed by atoms with Crippen molar-refractivity contribution >= 4 is 5.57 Å². The third-order valence-electron chi connectivity index (χ3n) is 3.04. The van der Waals surface area contributed by atoms with Crippen molar-refractivity contribution in [3.8, 4) is 0 Å². The molecule has 1 unspecified atom stereocenters. The summed E-state index contributed by atoms with van der Waals surface area (Å²) in [6.07, 6.45) is 5.75. The molecular formula is C10H16N4. The summed E-state index contributed by atoms with van der Waals surface area (Å²) in [4.78, 5) is 4.13. The van der Waals surface area contributed by atoms with Crippen molar-refractivity contribution in [2.45, 2.75) is 32.7 Å². The summed E-state index contributed by atoms with van der Waals surface area (Å²) < 4.78 is 0. The van der Waals surface area contributed by atoms with E-state index in [2.05, 4.69) is 35.1 Å². The van der Waals surface area contributed by atoms with Crippen molar-refractivity contribution in [2.24, 2.45) is 11.1 Å². The Morgan fingerprint density at radius 3 is 2.93 bits per heavy atom. The highest BCUT2D eigenvalue weighted by molar-refractivity contribution is 5.61. The standard InChI is InChI=1S/C10H16N4/c1-10(2)4-3-7(5-8(10)11)9-12-6-13-14-9/h5-6,8H,3-4,11H2,1-2H3,(H,12,13,14). The summed E-state index contributed by atoms with van der Waals surface area (Å²) in [6, 6.07) is 0.108. The molecule has 0 radical (unpaired) electrons. The quantitative estimate of drug-likeness (QED) is 0.705. The predicted molar refractivity (Wildman–Crippen MR) is 55.4 cm³/mol. The Morgan fingerprint density at radius 2 is 2.36 bits per heavy atom. The van der Waals surface area contributed by atoms with E-state index in [-0.39, 0.29) is 11.5 Å². The third-order valence-corrected chi connectivity index (χ3v) is 3.04. The van der Waals surface area contributed by atoms with E-state index in [1.54, 1.807) is 0 Å². The molecule has 1 aromatic rings. The number of nitrogens with two attached hydrogens (primary N) is 1. The molecule has 4 heteroatoms. The molecule has 4 nitrogen and oxygen atoms in total. The van der Waals surface area contributed by atoms with Crippen LogP contribution in [-0.4, -0.2) is 21.2 Å². The fraction of sp³-hybridized carbons (Fsp3) is 0.600. The summed E-state index contributed by atoms with van der Waals surface area (Å²) in [5.74, 6) is 0.857. The highest BCUT2D eigenvalue weighted by Crippen LogP contribution is 2.36. The van der Waals surface area contributed by atoms with E-state index in [0.717, 1.165) is 18.7 Å². The van der Waals surface area contributed by atoms with E-state index in [1.807, 2.05) is 0 Å². The van der Waals surface area contributed by atoms with Gasteiger partial charge in [0, 0.05) is 6.04 Å². The van der Waals surface area contributed by atoms with E-state index in [4.69, 9.17) is 5.73 Å². The Hall–Kier alpha value is -1.16. The molecule has 1 aliphatic rings. The van der Waals surface area contributed by atoms with Gasteiger partial charge in [-0.2, -0.15) is 5.10 Å². The first-order valence-electron chi connectivity index (χ1n) is 4.91. The zero-order valence-corrected chi connectivity index (χ0v) is 8.62. The molecule has 0 aromatic carbocycles. The largest absolute Gasteiger partial charge is 0.324 e. The molecule has 3 N–H and O–H groups in total. The highest BCUT2D eigenvalue weighted by atomic mass is 15.2. The molecule has 1 heterocycles. The minimum atomic E-state index is 0.108. The van der Waals surface area contributed by atoms with Crippen molar-refractivity contribution in [1.82, 2.24) is 15.2 Å². The molecule has 0 saturated carbocycles. The van der Waals surface area contributed by atoms with E-state index in [1.165, 1.54) is 11.9 Å². The van der Waals surface area contributed by atoms with E-state index < -0.39 is 0 Å². The first-order valence-corrected chi connectivity index (χ1v) is 4.91. The van der Waals surface area contributed by atoms with Crippen molar-refractivity contribution in [2.75, 3.05) is 0 Å². The Bertz CT molecular complexity index is 337. The Balaban J connectivity index is 2.25. The number of nitrogens with zero attached hydrogens (tertiary/aromatic N) is 2. The van der Waals surface area contributed by atoms with Gasteiger partial charge in [0.25, 0.3) is 0 Å². The Labute approximate surface area is 83.6 Å². The van der Waals surface area contributed by atoms with Crippen LogP contribution in [0.5, 0.6) is 0 Å². The number of allylic oxidation sites excluding steroid dienone is 1. The minimum absolute atomic E-state index is 0.108. The van der Waals surface area contributed by atoms with E-state index >= 15 is 0 Å². The fourth-order valence-corrected chi connectivity index (χ4v) is 1.71. The van der Waals surface area contributed by atoms with E-state index in [9.17, 15) is 0 Å². The lowest BCUT2D eigenvalue weighted by Gasteiger charge is -2.34. The van der Waals surface area contributed by atoms with Crippen LogP contribution in [0.25, 0.3) is 5.57 Å². The number of rotatable bonds is 1. The van der Waals surface area contributed by atoms with Gasteiger partial charge in [-0.25, -0.2) is 4.98 Å². The first kappa shape index (κ1) is 9.40. The second-order valence-electron chi connectivity index (χ2n) is 4.54. The number of aromatic nitrogens is 3. The molecule has 0 bridgehead atoms. The topological polar surface area (TPSA) is 67.6 Å². The van der Waals surface area contributed by atoms with Crippen LogP contribution in [0.1, 0.15) is 32.5 Å². The summed E-state index contributed by atoms with van der Waals surface area (Å²) >= 11 is 0. The van der Waals surface area contributed by atoms with Gasteiger partial charge in [0.2, 0.25) is 0 Å². The van der Waals surface area contributed by atoms with Crippen LogP contribution in [-0.2, 0) is 0 Å². The first-order chi connectivity index (χ1) is 6.59. The van der Waals surface area contributed by atoms with Gasteiger partial charge >= 0.3 is 0 Å². The Kier molecular flexibility index (Phi) is 2.15. The fourth-order valence-electron chi connectivity index (χ4n) is 1.71. The summed E-state index contributed by atoms with van der Waals surface area (Å²) in [5.41, 5.74) is 7.46. The van der Waals surface area contributed by atoms with Gasteiger partial charge in [-0.1, -0.05) is 19.9 Å². The van der Waals surface area contributed by atoms with Crippen LogP contribution in [0.15, 0.2) is 12.4 Å². The molecule has 1 aromatic heterocycles. The van der Waals surface area contributed by atoms with Gasteiger partial charge < -0.3 is 5.73 Å². The lowest BCUT2D eigenvalue weighted by Crippen LogP contribution is -2.38. The molecule has 0 amide bonds. The van der Waals surface area contributed by atoms with Crippen LogP contribution in [0.2, 0.25) is 0 Å². The van der Waals surface area contributed by atoms with Crippen LogP contribution in [0.3, 0.4) is 0 Å². The summed E-state index contributed by atoms with van der Waals surface area (Å²) in [6.45, 7) is 4.40. The maximum absolute atomic E-state index is 6.07. The average Bonchev–Trinajstić information content (AvgIpc) is 2.62. The van der Waals surface area contributed by atoms with Gasteiger partial charge in [-0.05, 0) is 23.8 Å². The normalized spacial score (nSPS) is 25.9. The van der Waals surface area contributed by atoms with Crippen molar-refractivity contribution in [3.05, 3.63) is 18.2 Å². The molecule has 0 spiro atoms. The monoisotopic (exact) mass is 192 g/mol. The van der Waals surface area contributed by atoms with Gasteiger partial charge in [0.05, 0.1) is 0 Å². The van der Waals surface area contributed by atoms with Crippen molar-refractivity contribution in [1.29, 1.82) is 0 Å². The zero-order chi connectivity index (χ0) is 10.2. The number of hydrogen-bond acceptors (Lipinski definition) is 3. The second-order valence-corrected chi connectivity index (χ2v) is 4.54. The van der Waals surface area contributed by atoms with Crippen molar-refractivity contribution < 1.29 is 0 Å². The summed E-state index contributed by atoms with van der Waals surface area (Å²) in [7, 11) is 0.